The minimum absolute atomic E-state index is 0.528. The molecule has 1 aliphatic rings. The molecule has 2 unspecified atom stereocenters. The molecule has 1 saturated heterocycles. The van der Waals surface area contributed by atoms with E-state index in [1.807, 2.05) is 0 Å². The largest absolute Gasteiger partial charge is 0.301 e. The van der Waals surface area contributed by atoms with Crippen LogP contribution in [0.1, 0.15) is 20.3 Å². The Morgan fingerprint density at radius 3 is 2.62 bits per heavy atom. The summed E-state index contributed by atoms with van der Waals surface area (Å²) in [6, 6.07) is 0.713. The predicted molar refractivity (Wildman–Crippen MR) is 34.7 cm³/mol. The zero-order chi connectivity index (χ0) is 5.98. The van der Waals surface area contributed by atoms with E-state index in [2.05, 4.69) is 24.5 Å². The van der Waals surface area contributed by atoms with Gasteiger partial charge in [-0.3, -0.25) is 5.32 Å². The molecule has 48 valence electrons. The van der Waals surface area contributed by atoms with Gasteiger partial charge in [-0.15, -0.1) is 0 Å². The molecule has 0 spiro atoms. The van der Waals surface area contributed by atoms with Crippen LogP contribution in [0.3, 0.4) is 0 Å². The molecule has 0 aromatic rings. The second-order valence-electron chi connectivity index (χ2n) is 2.40. The fourth-order valence-corrected chi connectivity index (χ4v) is 1.05. The first-order chi connectivity index (χ1) is 3.83. The smallest absolute Gasteiger partial charge is 0.0545 e. The summed E-state index contributed by atoms with van der Waals surface area (Å²) in [7, 11) is 0. The normalized spacial score (nSPS) is 38.2. The summed E-state index contributed by atoms with van der Waals surface area (Å²) in [6.45, 7) is 5.49. The third-order valence-corrected chi connectivity index (χ3v) is 1.65. The van der Waals surface area contributed by atoms with Gasteiger partial charge < -0.3 is 5.32 Å². The van der Waals surface area contributed by atoms with Gasteiger partial charge in [0.2, 0.25) is 0 Å². The van der Waals surface area contributed by atoms with Gasteiger partial charge in [0.1, 0.15) is 0 Å². The summed E-state index contributed by atoms with van der Waals surface area (Å²) in [5, 5.41) is 6.70. The summed E-state index contributed by atoms with van der Waals surface area (Å²) in [4.78, 5) is 0. The maximum absolute atomic E-state index is 3.39. The second-order valence-corrected chi connectivity index (χ2v) is 2.40. The molecule has 0 bridgehead atoms. The first-order valence-electron chi connectivity index (χ1n) is 3.32. The molecule has 0 saturated carbocycles. The van der Waals surface area contributed by atoms with E-state index in [9.17, 15) is 0 Å². The molecule has 1 rings (SSSR count). The van der Waals surface area contributed by atoms with Gasteiger partial charge >= 0.3 is 0 Å². The monoisotopic (exact) mass is 114 g/mol. The van der Waals surface area contributed by atoms with Crippen molar-refractivity contribution in [1.29, 1.82) is 0 Å². The molecule has 1 heterocycles. The Morgan fingerprint density at radius 1 is 1.62 bits per heavy atom. The molecule has 1 aliphatic heterocycles. The maximum atomic E-state index is 3.39. The lowest BCUT2D eigenvalue weighted by atomic mass is 10.2. The van der Waals surface area contributed by atoms with Gasteiger partial charge in [-0.1, -0.05) is 6.92 Å². The Morgan fingerprint density at radius 2 is 2.38 bits per heavy atom. The molecule has 0 aromatic carbocycles. The van der Waals surface area contributed by atoms with E-state index in [4.69, 9.17) is 0 Å². The number of rotatable bonds is 1. The highest BCUT2D eigenvalue weighted by molar-refractivity contribution is 4.78. The van der Waals surface area contributed by atoms with Crippen molar-refractivity contribution in [2.75, 3.05) is 6.54 Å². The molecule has 2 N–H and O–H groups in total. The summed E-state index contributed by atoms with van der Waals surface area (Å²) >= 11 is 0. The molecule has 0 aliphatic carbocycles. The Bertz CT molecular complexity index is 72.9. The van der Waals surface area contributed by atoms with Crippen molar-refractivity contribution in [2.24, 2.45) is 0 Å². The third-order valence-electron chi connectivity index (χ3n) is 1.65. The molecular weight excluding hydrogens is 100 g/mol. The van der Waals surface area contributed by atoms with E-state index in [0.29, 0.717) is 12.2 Å². The van der Waals surface area contributed by atoms with Gasteiger partial charge in [-0.05, 0) is 13.3 Å². The van der Waals surface area contributed by atoms with Crippen molar-refractivity contribution < 1.29 is 0 Å². The minimum atomic E-state index is 0.528. The predicted octanol–water partition coefficient (Wildman–Crippen LogP) is 0.304. The van der Waals surface area contributed by atoms with Crippen LogP contribution >= 0.6 is 0 Å². The molecule has 8 heavy (non-hydrogen) atoms. The summed E-state index contributed by atoms with van der Waals surface area (Å²) in [5.41, 5.74) is 0. The highest BCUT2D eigenvalue weighted by Crippen LogP contribution is 1.96. The molecule has 0 aromatic heterocycles. The average molecular weight is 114 g/mol. The van der Waals surface area contributed by atoms with E-state index in [1.54, 1.807) is 0 Å². The van der Waals surface area contributed by atoms with Crippen molar-refractivity contribution >= 4 is 0 Å². The Hall–Kier alpha value is -0.0800. The van der Waals surface area contributed by atoms with Crippen LogP contribution in [0.15, 0.2) is 0 Å². The van der Waals surface area contributed by atoms with Crippen LogP contribution in [0.4, 0.5) is 0 Å². The van der Waals surface area contributed by atoms with Crippen molar-refractivity contribution in [3.63, 3.8) is 0 Å². The van der Waals surface area contributed by atoms with Gasteiger partial charge in [-0.25, -0.2) is 0 Å². The first-order valence-corrected chi connectivity index (χ1v) is 3.32. The van der Waals surface area contributed by atoms with E-state index in [1.165, 1.54) is 6.42 Å². The van der Waals surface area contributed by atoms with Crippen molar-refractivity contribution in [3.05, 3.63) is 0 Å². The van der Waals surface area contributed by atoms with Crippen molar-refractivity contribution in [3.8, 4) is 0 Å². The molecule has 2 heteroatoms. The van der Waals surface area contributed by atoms with Gasteiger partial charge in [0.05, 0.1) is 6.17 Å². The van der Waals surface area contributed by atoms with E-state index in [0.717, 1.165) is 6.54 Å². The van der Waals surface area contributed by atoms with Crippen LogP contribution in [0, 0.1) is 0 Å². The highest BCUT2D eigenvalue weighted by atomic mass is 15.2. The zero-order valence-corrected chi connectivity index (χ0v) is 5.57. The number of hydrogen-bond donors (Lipinski definition) is 2. The van der Waals surface area contributed by atoms with Crippen LogP contribution in [0.2, 0.25) is 0 Å². The maximum Gasteiger partial charge on any atom is 0.0545 e. The third kappa shape index (κ3) is 1.20. The van der Waals surface area contributed by atoms with Crippen LogP contribution in [0.5, 0.6) is 0 Å². The van der Waals surface area contributed by atoms with Crippen molar-refractivity contribution in [2.45, 2.75) is 32.5 Å². The molecule has 2 nitrogen and oxygen atoms in total. The fraction of sp³-hybridized carbons (Fsp3) is 1.00. The van der Waals surface area contributed by atoms with E-state index >= 15 is 0 Å². The minimum Gasteiger partial charge on any atom is -0.301 e. The Balaban J connectivity index is 2.22. The lowest BCUT2D eigenvalue weighted by Crippen LogP contribution is -2.29. The van der Waals surface area contributed by atoms with E-state index in [-0.39, 0.29) is 0 Å². The summed E-state index contributed by atoms with van der Waals surface area (Å²) < 4.78 is 0. The lowest BCUT2D eigenvalue weighted by Gasteiger charge is -2.04. The fourth-order valence-electron chi connectivity index (χ4n) is 1.05. The highest BCUT2D eigenvalue weighted by Gasteiger charge is 2.16. The van der Waals surface area contributed by atoms with Gasteiger partial charge in [-0.2, -0.15) is 0 Å². The standard InChI is InChI=1S/C6H14N2/c1-3-6-4-7-5(2)8-6/h5-8H,3-4H2,1-2H3. The zero-order valence-electron chi connectivity index (χ0n) is 5.57. The van der Waals surface area contributed by atoms with Crippen LogP contribution < -0.4 is 10.6 Å². The first kappa shape index (κ1) is 6.05. The molecule has 0 amide bonds. The second kappa shape index (κ2) is 2.46. The summed E-state index contributed by atoms with van der Waals surface area (Å²) in [5.74, 6) is 0. The molecule has 2 atom stereocenters. The van der Waals surface area contributed by atoms with Crippen molar-refractivity contribution in [1.82, 2.24) is 10.6 Å². The molecule has 0 radical (unpaired) electrons. The quantitative estimate of drug-likeness (QED) is 0.512. The lowest BCUT2D eigenvalue weighted by molar-refractivity contribution is 0.547. The Labute approximate surface area is 50.7 Å². The number of hydrogen-bond acceptors (Lipinski definition) is 2. The average Bonchev–Trinajstić information content (AvgIpc) is 2.14. The molecular formula is C6H14N2. The van der Waals surface area contributed by atoms with Crippen LogP contribution in [0.25, 0.3) is 0 Å². The van der Waals surface area contributed by atoms with Gasteiger partial charge in [0.15, 0.2) is 0 Å². The topological polar surface area (TPSA) is 24.1 Å². The Kier molecular flexibility index (Phi) is 1.86. The van der Waals surface area contributed by atoms with Crippen LogP contribution in [-0.2, 0) is 0 Å². The summed E-state index contributed by atoms with van der Waals surface area (Å²) in [6.07, 6.45) is 1.76. The van der Waals surface area contributed by atoms with E-state index < -0.39 is 0 Å². The van der Waals surface area contributed by atoms with Gasteiger partial charge in [0, 0.05) is 12.6 Å². The molecule has 1 fully saturated rings. The van der Waals surface area contributed by atoms with Gasteiger partial charge in [0.25, 0.3) is 0 Å². The SMILES string of the molecule is CCC1CNC(C)N1. The number of nitrogens with one attached hydrogen (secondary N) is 2. The van der Waals surface area contributed by atoms with Crippen LogP contribution in [-0.4, -0.2) is 18.8 Å².